The van der Waals surface area contributed by atoms with Gasteiger partial charge in [-0.25, -0.2) is 4.98 Å². The second-order valence-electron chi connectivity index (χ2n) is 20.3. The first-order valence-corrected chi connectivity index (χ1v) is 23.9. The van der Waals surface area contributed by atoms with Crippen molar-refractivity contribution in [1.29, 1.82) is 0 Å². The average Bonchev–Trinajstić information content (AvgIpc) is 3.92. The van der Waals surface area contributed by atoms with E-state index in [1.54, 1.807) is 0 Å². The van der Waals surface area contributed by atoms with Crippen molar-refractivity contribution in [2.75, 3.05) is 9.80 Å². The number of ether oxygens (including phenoxy) is 1. The van der Waals surface area contributed by atoms with Crippen LogP contribution in [0.3, 0.4) is 0 Å². The number of benzene rings is 8. The van der Waals surface area contributed by atoms with Crippen LogP contribution < -0.4 is 14.5 Å². The Morgan fingerprint density at radius 3 is 1.81 bits per heavy atom. The summed E-state index contributed by atoms with van der Waals surface area (Å²) in [6.45, 7) is 18.1. The van der Waals surface area contributed by atoms with E-state index in [-0.39, 0.29) is 37.3 Å². The summed E-state index contributed by atoms with van der Waals surface area (Å²) in [6.07, 6.45) is 1.91. The van der Waals surface area contributed by atoms with Crippen LogP contribution in [0.4, 0.5) is 22.7 Å². The third kappa shape index (κ3) is 8.51. The van der Waals surface area contributed by atoms with E-state index < -0.39 is 0 Å². The van der Waals surface area contributed by atoms with Gasteiger partial charge in [-0.15, -0.1) is 48.1 Å². The number of rotatable bonds is 10. The summed E-state index contributed by atoms with van der Waals surface area (Å²) in [7, 11) is 0. The Morgan fingerprint density at radius 1 is 0.471 bits per heavy atom. The predicted molar refractivity (Wildman–Crippen MR) is 286 cm³/mol. The minimum Gasteiger partial charge on any atom is -0.509 e. The molecule has 0 saturated heterocycles. The van der Waals surface area contributed by atoms with Gasteiger partial charge in [-0.1, -0.05) is 175 Å². The molecule has 0 N–H and O–H groups in total. The van der Waals surface area contributed by atoms with Gasteiger partial charge in [0, 0.05) is 72.2 Å². The van der Waals surface area contributed by atoms with Gasteiger partial charge in [0.1, 0.15) is 5.82 Å². The van der Waals surface area contributed by atoms with E-state index in [1.807, 2.05) is 24.4 Å². The molecule has 5 nitrogen and oxygen atoms in total. The number of anilines is 4. The fourth-order valence-electron chi connectivity index (χ4n) is 9.83. The summed E-state index contributed by atoms with van der Waals surface area (Å²) in [6, 6.07) is 76.5. The van der Waals surface area contributed by atoms with Gasteiger partial charge in [-0.3, -0.25) is 0 Å². The van der Waals surface area contributed by atoms with E-state index in [9.17, 15) is 0 Å². The standard InChI is InChI=1S/C64H55N4O.Pt/c1-62(2,3)48-35-36-65-61(40-48)68-57-33-29-45(44-19-11-8-12-20-44)37-56(57)55-32-31-54(42-59(55)68)69-53-28-18-27-52(41-53)67-43-66(51-26-17-25-49(38-51)63(4,5)46-21-13-9-14-22-46)58-34-30-50(39-60(58)67)64(6,7)47-23-15-10-16-24-47;/h8-40,43H,1-7H3;/q-3;. The zero-order valence-corrected chi connectivity index (χ0v) is 42.9. The normalized spacial score (nSPS) is 12.8. The van der Waals surface area contributed by atoms with Crippen LogP contribution in [-0.4, -0.2) is 9.55 Å². The maximum absolute atomic E-state index is 6.78. The van der Waals surface area contributed by atoms with Crippen molar-refractivity contribution in [3.05, 3.63) is 247 Å². The van der Waals surface area contributed by atoms with E-state index >= 15 is 0 Å². The third-order valence-electron chi connectivity index (χ3n) is 14.1. The quantitative estimate of drug-likeness (QED) is 0.128. The van der Waals surface area contributed by atoms with Gasteiger partial charge in [0.05, 0.1) is 0 Å². The van der Waals surface area contributed by atoms with Crippen LogP contribution in [0.1, 0.15) is 76.3 Å². The molecule has 0 radical (unpaired) electrons. The van der Waals surface area contributed by atoms with Crippen LogP contribution in [0, 0.1) is 18.8 Å². The predicted octanol–water partition coefficient (Wildman–Crippen LogP) is 16.6. The Hall–Kier alpha value is -7.20. The maximum atomic E-state index is 6.78. The molecule has 2 aromatic heterocycles. The molecule has 0 spiro atoms. The topological polar surface area (TPSA) is 33.5 Å². The van der Waals surface area contributed by atoms with Crippen molar-refractivity contribution < 1.29 is 25.8 Å². The molecule has 0 aliphatic carbocycles. The average molecular weight is 1090 g/mol. The number of nitrogens with zero attached hydrogens (tertiary/aromatic N) is 4. The minimum absolute atomic E-state index is 0. The van der Waals surface area contributed by atoms with E-state index in [1.165, 1.54) is 33.4 Å². The summed E-state index contributed by atoms with van der Waals surface area (Å²) in [4.78, 5) is 9.48. The largest absolute Gasteiger partial charge is 0.509 e. The van der Waals surface area contributed by atoms with Crippen molar-refractivity contribution in [3.8, 4) is 28.4 Å². The van der Waals surface area contributed by atoms with Gasteiger partial charge < -0.3 is 19.1 Å². The van der Waals surface area contributed by atoms with E-state index in [2.05, 4.69) is 258 Å². The molecule has 0 bridgehead atoms. The molecule has 70 heavy (non-hydrogen) atoms. The van der Waals surface area contributed by atoms with Crippen molar-refractivity contribution in [3.63, 3.8) is 0 Å². The molecule has 8 aromatic carbocycles. The first-order valence-electron chi connectivity index (χ1n) is 23.9. The summed E-state index contributed by atoms with van der Waals surface area (Å²) in [5.74, 6) is 2.02. The molecule has 3 heterocycles. The second-order valence-corrected chi connectivity index (χ2v) is 20.3. The van der Waals surface area contributed by atoms with Crippen LogP contribution >= 0.6 is 0 Å². The van der Waals surface area contributed by atoms with Gasteiger partial charge in [0.2, 0.25) is 0 Å². The first-order chi connectivity index (χ1) is 33.3. The van der Waals surface area contributed by atoms with Crippen LogP contribution in [-0.2, 0) is 37.3 Å². The van der Waals surface area contributed by atoms with Crippen molar-refractivity contribution in [2.24, 2.45) is 0 Å². The summed E-state index contributed by atoms with van der Waals surface area (Å²) >= 11 is 0. The molecule has 0 saturated carbocycles. The Morgan fingerprint density at radius 2 is 1.11 bits per heavy atom. The van der Waals surface area contributed by atoms with Crippen molar-refractivity contribution in [2.45, 2.75) is 64.7 Å². The number of pyridine rings is 1. The Balaban J connectivity index is 0.00000567. The third-order valence-corrected chi connectivity index (χ3v) is 14.1. The van der Waals surface area contributed by atoms with Crippen molar-refractivity contribution >= 4 is 44.6 Å². The van der Waals surface area contributed by atoms with Gasteiger partial charge in [-0.05, 0) is 92.2 Å². The van der Waals surface area contributed by atoms with Crippen molar-refractivity contribution in [1.82, 2.24) is 9.55 Å². The second kappa shape index (κ2) is 18.3. The number of fused-ring (bicyclic) bond motifs is 4. The Labute approximate surface area is 427 Å². The molecule has 0 amide bonds. The fourth-order valence-corrected chi connectivity index (χ4v) is 9.83. The molecule has 1 aliphatic heterocycles. The number of aromatic nitrogens is 2. The molecular formula is C64H55N4OPt-3. The summed E-state index contributed by atoms with van der Waals surface area (Å²) in [5, 5.41) is 2.20. The van der Waals surface area contributed by atoms with Crippen LogP contribution in [0.5, 0.6) is 11.5 Å². The van der Waals surface area contributed by atoms with E-state index in [0.717, 1.165) is 55.9 Å². The molecule has 350 valence electrons. The molecule has 6 heteroatoms. The van der Waals surface area contributed by atoms with E-state index in [4.69, 9.17) is 9.72 Å². The zero-order valence-electron chi connectivity index (χ0n) is 40.6. The van der Waals surface area contributed by atoms with Gasteiger partial charge in [-0.2, -0.15) is 12.1 Å². The number of hydrogen-bond acceptors (Lipinski definition) is 4. The minimum atomic E-state index is -0.243. The van der Waals surface area contributed by atoms with Gasteiger partial charge in [0.25, 0.3) is 0 Å². The molecular weight excluding hydrogens is 1040 g/mol. The number of hydrogen-bond donors (Lipinski definition) is 0. The fraction of sp³-hybridized carbons (Fsp3) is 0.156. The van der Waals surface area contributed by atoms with Crippen LogP contribution in [0.25, 0.3) is 38.8 Å². The Kier molecular flexibility index (Phi) is 12.1. The smallest absolute Gasteiger partial charge is 0.135 e. The zero-order chi connectivity index (χ0) is 47.5. The monoisotopic (exact) mass is 1090 g/mol. The summed E-state index contributed by atoms with van der Waals surface area (Å²) in [5.41, 5.74) is 14.1. The molecule has 0 atom stereocenters. The van der Waals surface area contributed by atoms with E-state index in [0.29, 0.717) is 11.5 Å². The van der Waals surface area contributed by atoms with Crippen LogP contribution in [0.2, 0.25) is 0 Å². The molecule has 10 aromatic rings. The molecule has 0 fully saturated rings. The molecule has 0 unspecified atom stereocenters. The maximum Gasteiger partial charge on any atom is 0.135 e. The Bertz CT molecular complexity index is 3500. The van der Waals surface area contributed by atoms with Gasteiger partial charge >= 0.3 is 0 Å². The molecule has 11 rings (SSSR count). The summed E-state index contributed by atoms with van der Waals surface area (Å²) < 4.78 is 9.00. The molecule has 1 aliphatic rings. The van der Waals surface area contributed by atoms with Crippen LogP contribution in [0.15, 0.2) is 200 Å². The first kappa shape index (κ1) is 46.5. The SMILES string of the molecule is CC(C)(C)c1ccnc(-n2c3[c-]c(Oc4[c-]c(N5[CH-]N(c6cccc(C(C)(C)c7ccccc7)c6)c6ccc(C(C)(C)c7ccccc7)cc65)ccc4)ccc3c3cc(-c4ccccc4)ccc32)c1.[Pt]. The van der Waals surface area contributed by atoms with Gasteiger partial charge in [0.15, 0.2) is 0 Å².